The molecule has 0 bridgehead atoms. The highest BCUT2D eigenvalue weighted by Gasteiger charge is 2.22. The fourth-order valence-electron chi connectivity index (χ4n) is 2.71. The minimum absolute atomic E-state index is 0.0448. The maximum atomic E-state index is 10.8. The topological polar surface area (TPSA) is 108 Å². The predicted octanol–water partition coefficient (Wildman–Crippen LogP) is 3.27. The first-order valence-electron chi connectivity index (χ1n) is 7.03. The van der Waals surface area contributed by atoms with E-state index in [0.29, 0.717) is 23.0 Å². The zero-order valence-electron chi connectivity index (χ0n) is 11.5. The van der Waals surface area contributed by atoms with Crippen molar-refractivity contribution < 1.29 is 9.45 Å². The molecule has 0 radical (unpaired) electrons. The lowest BCUT2D eigenvalue weighted by atomic mass is 9.89. The first-order valence-corrected chi connectivity index (χ1v) is 7.03. The smallest absolute Gasteiger partial charge is 0.270 e. The van der Waals surface area contributed by atoms with Crippen LogP contribution in [0.15, 0.2) is 22.7 Å². The average molecular weight is 288 g/mol. The Morgan fingerprint density at radius 2 is 2.05 bits per heavy atom. The van der Waals surface area contributed by atoms with Gasteiger partial charge in [-0.1, -0.05) is 24.4 Å². The fraction of sp³-hybridized carbons (Fsp3) is 0.429. The van der Waals surface area contributed by atoms with Crippen molar-refractivity contribution in [3.8, 4) is 11.5 Å². The number of nitrogens with zero attached hydrogens (tertiary/aromatic N) is 3. The molecule has 1 aliphatic rings. The number of nitrogen functional groups attached to an aromatic ring is 1. The second kappa shape index (κ2) is 5.51. The molecule has 0 saturated heterocycles. The largest absolute Gasteiger partial charge is 0.398 e. The SMILES string of the molecule is Nc1ccc([N+](=O)[O-])cc1-c1nc(C2CCCCC2)no1. The molecule has 0 spiro atoms. The van der Waals surface area contributed by atoms with Gasteiger partial charge in [0.05, 0.1) is 10.5 Å². The molecule has 110 valence electrons. The molecule has 0 atom stereocenters. The van der Waals surface area contributed by atoms with Gasteiger partial charge in [-0.2, -0.15) is 4.98 Å². The Kier molecular flexibility index (Phi) is 3.55. The predicted molar refractivity (Wildman–Crippen MR) is 76.6 cm³/mol. The summed E-state index contributed by atoms with van der Waals surface area (Å²) in [5.74, 6) is 1.24. The Labute approximate surface area is 121 Å². The molecular weight excluding hydrogens is 272 g/mol. The third-order valence-corrected chi connectivity index (χ3v) is 3.89. The summed E-state index contributed by atoms with van der Waals surface area (Å²) in [7, 11) is 0. The van der Waals surface area contributed by atoms with Crippen molar-refractivity contribution in [1.29, 1.82) is 0 Å². The monoisotopic (exact) mass is 288 g/mol. The lowest BCUT2D eigenvalue weighted by Gasteiger charge is -2.17. The molecule has 3 rings (SSSR count). The minimum Gasteiger partial charge on any atom is -0.398 e. The molecule has 0 aliphatic heterocycles. The molecule has 7 heteroatoms. The molecule has 7 nitrogen and oxygen atoms in total. The normalized spacial score (nSPS) is 16.0. The van der Waals surface area contributed by atoms with Crippen molar-refractivity contribution in [3.05, 3.63) is 34.1 Å². The van der Waals surface area contributed by atoms with Crippen molar-refractivity contribution in [2.75, 3.05) is 5.73 Å². The van der Waals surface area contributed by atoms with E-state index in [1.165, 1.54) is 37.5 Å². The Bertz CT molecular complexity index is 662. The number of benzene rings is 1. The third kappa shape index (κ3) is 2.72. The van der Waals surface area contributed by atoms with Crippen LogP contribution in [0.25, 0.3) is 11.5 Å². The highest BCUT2D eigenvalue weighted by atomic mass is 16.6. The zero-order chi connectivity index (χ0) is 14.8. The van der Waals surface area contributed by atoms with Crippen LogP contribution < -0.4 is 5.73 Å². The molecule has 1 aromatic heterocycles. The molecule has 0 unspecified atom stereocenters. The lowest BCUT2D eigenvalue weighted by Crippen LogP contribution is -2.06. The van der Waals surface area contributed by atoms with Gasteiger partial charge < -0.3 is 10.3 Å². The van der Waals surface area contributed by atoms with Crippen molar-refractivity contribution in [1.82, 2.24) is 10.1 Å². The minimum atomic E-state index is -0.471. The molecule has 1 fully saturated rings. The van der Waals surface area contributed by atoms with E-state index in [1.807, 2.05) is 0 Å². The van der Waals surface area contributed by atoms with E-state index >= 15 is 0 Å². The number of nitro benzene ring substituents is 1. The van der Waals surface area contributed by atoms with Gasteiger partial charge in [0.2, 0.25) is 0 Å². The summed E-state index contributed by atoms with van der Waals surface area (Å²) in [5.41, 5.74) is 6.62. The summed E-state index contributed by atoms with van der Waals surface area (Å²) in [5, 5.41) is 14.9. The first-order chi connectivity index (χ1) is 10.1. The van der Waals surface area contributed by atoms with Crippen LogP contribution in [-0.2, 0) is 0 Å². The molecule has 0 amide bonds. The van der Waals surface area contributed by atoms with Gasteiger partial charge >= 0.3 is 0 Å². The number of aromatic nitrogens is 2. The van der Waals surface area contributed by atoms with Crippen LogP contribution in [0.1, 0.15) is 43.8 Å². The number of hydrogen-bond donors (Lipinski definition) is 1. The fourth-order valence-corrected chi connectivity index (χ4v) is 2.71. The van der Waals surface area contributed by atoms with E-state index < -0.39 is 4.92 Å². The van der Waals surface area contributed by atoms with Crippen LogP contribution in [0.4, 0.5) is 11.4 Å². The van der Waals surface area contributed by atoms with Crippen LogP contribution in [0, 0.1) is 10.1 Å². The van der Waals surface area contributed by atoms with Crippen LogP contribution >= 0.6 is 0 Å². The van der Waals surface area contributed by atoms with Crippen molar-refractivity contribution in [3.63, 3.8) is 0 Å². The highest BCUT2D eigenvalue weighted by molar-refractivity contribution is 5.73. The Morgan fingerprint density at radius 1 is 1.29 bits per heavy atom. The summed E-state index contributed by atoms with van der Waals surface area (Å²) in [6.07, 6.45) is 5.72. The second-order valence-electron chi connectivity index (χ2n) is 5.32. The zero-order valence-corrected chi connectivity index (χ0v) is 11.5. The average Bonchev–Trinajstić information content (AvgIpc) is 2.98. The summed E-state index contributed by atoms with van der Waals surface area (Å²) in [6, 6.07) is 4.21. The highest BCUT2D eigenvalue weighted by Crippen LogP contribution is 2.34. The number of nitrogens with two attached hydrogens (primary N) is 1. The number of rotatable bonds is 3. The van der Waals surface area contributed by atoms with E-state index in [0.717, 1.165) is 12.8 Å². The van der Waals surface area contributed by atoms with E-state index in [-0.39, 0.29) is 11.6 Å². The van der Waals surface area contributed by atoms with Gasteiger partial charge in [0.1, 0.15) is 0 Å². The Hall–Kier alpha value is -2.44. The number of non-ortho nitro benzene ring substituents is 1. The molecular formula is C14H16N4O3. The molecule has 21 heavy (non-hydrogen) atoms. The molecule has 2 N–H and O–H groups in total. The van der Waals surface area contributed by atoms with E-state index in [9.17, 15) is 10.1 Å². The van der Waals surface area contributed by atoms with Crippen LogP contribution in [-0.4, -0.2) is 15.1 Å². The van der Waals surface area contributed by atoms with Gasteiger partial charge in [0.25, 0.3) is 11.6 Å². The molecule has 2 aromatic rings. The van der Waals surface area contributed by atoms with E-state index in [2.05, 4.69) is 10.1 Å². The van der Waals surface area contributed by atoms with Crippen LogP contribution in [0.3, 0.4) is 0 Å². The maximum absolute atomic E-state index is 10.8. The summed E-state index contributed by atoms with van der Waals surface area (Å²) < 4.78 is 5.26. The summed E-state index contributed by atoms with van der Waals surface area (Å²) in [6.45, 7) is 0. The summed E-state index contributed by atoms with van der Waals surface area (Å²) in [4.78, 5) is 14.8. The van der Waals surface area contributed by atoms with Gasteiger partial charge in [-0.3, -0.25) is 10.1 Å². The van der Waals surface area contributed by atoms with Gasteiger partial charge in [0, 0.05) is 23.7 Å². The van der Waals surface area contributed by atoms with Crippen molar-refractivity contribution >= 4 is 11.4 Å². The van der Waals surface area contributed by atoms with Gasteiger partial charge in [-0.15, -0.1) is 0 Å². The van der Waals surface area contributed by atoms with Crippen molar-refractivity contribution in [2.24, 2.45) is 0 Å². The second-order valence-corrected chi connectivity index (χ2v) is 5.32. The van der Waals surface area contributed by atoms with E-state index in [4.69, 9.17) is 10.3 Å². The molecule has 1 heterocycles. The number of anilines is 1. The lowest BCUT2D eigenvalue weighted by molar-refractivity contribution is -0.384. The van der Waals surface area contributed by atoms with Crippen molar-refractivity contribution in [2.45, 2.75) is 38.0 Å². The van der Waals surface area contributed by atoms with Gasteiger partial charge in [-0.05, 0) is 18.9 Å². The van der Waals surface area contributed by atoms with E-state index in [1.54, 1.807) is 0 Å². The quantitative estimate of drug-likeness (QED) is 0.527. The maximum Gasteiger partial charge on any atom is 0.270 e. The van der Waals surface area contributed by atoms with Crippen LogP contribution in [0.2, 0.25) is 0 Å². The van der Waals surface area contributed by atoms with Crippen LogP contribution in [0.5, 0.6) is 0 Å². The molecule has 1 aromatic carbocycles. The van der Waals surface area contributed by atoms with Gasteiger partial charge in [0.15, 0.2) is 5.82 Å². The third-order valence-electron chi connectivity index (χ3n) is 3.89. The standard InChI is InChI=1S/C14H16N4O3/c15-12-7-6-10(18(19)20)8-11(12)14-16-13(17-21-14)9-4-2-1-3-5-9/h6-9H,1-5,15H2. The van der Waals surface area contributed by atoms with Gasteiger partial charge in [-0.25, -0.2) is 0 Å². The molecule has 1 saturated carbocycles. The number of nitro groups is 1. The molecule has 1 aliphatic carbocycles. The Morgan fingerprint density at radius 3 is 2.76 bits per heavy atom. The first kappa shape index (κ1) is 13.5. The number of hydrogen-bond acceptors (Lipinski definition) is 6. The Balaban J connectivity index is 1.92. The summed E-state index contributed by atoms with van der Waals surface area (Å²) >= 11 is 0.